The fourth-order valence-electron chi connectivity index (χ4n) is 2.05. The minimum atomic E-state index is -4.45. The van der Waals surface area contributed by atoms with Crippen molar-refractivity contribution in [2.45, 2.75) is 23.8 Å². The van der Waals surface area contributed by atoms with E-state index in [-0.39, 0.29) is 5.02 Å². The van der Waals surface area contributed by atoms with Gasteiger partial charge in [-0.1, -0.05) is 11.6 Å². The number of hydrogen-bond acceptors (Lipinski definition) is 4. The molecule has 0 unspecified atom stereocenters. The highest BCUT2D eigenvalue weighted by Gasteiger charge is 2.29. The zero-order valence-corrected chi connectivity index (χ0v) is 14.4. The van der Waals surface area contributed by atoms with Crippen LogP contribution in [0.5, 0.6) is 0 Å². The topological polar surface area (TPSA) is 72.3 Å². The average Bonchev–Trinajstić information content (AvgIpc) is 2.90. The highest BCUT2D eigenvalue weighted by Crippen LogP contribution is 2.28. The molecule has 0 fully saturated rings. The minimum absolute atomic E-state index is 0.334. The lowest BCUT2D eigenvalue weighted by molar-refractivity contribution is 0.201. The maximum atomic E-state index is 13.8. The predicted octanol–water partition coefficient (Wildman–Crippen LogP) is 2.96. The van der Waals surface area contributed by atoms with E-state index in [0.29, 0.717) is 19.2 Å². The molecule has 0 atom stereocenters. The van der Waals surface area contributed by atoms with Crippen molar-refractivity contribution in [1.82, 2.24) is 14.7 Å². The quantitative estimate of drug-likeness (QED) is 0.768. The number of amides is 1. The van der Waals surface area contributed by atoms with Crippen molar-refractivity contribution in [1.29, 1.82) is 0 Å². The van der Waals surface area contributed by atoms with E-state index in [1.54, 1.807) is 13.8 Å². The first-order valence-corrected chi connectivity index (χ1v) is 8.83. The van der Waals surface area contributed by atoms with Gasteiger partial charge in [0.1, 0.15) is 16.5 Å². The predicted molar refractivity (Wildman–Crippen MR) is 82.8 cm³/mol. The van der Waals surface area contributed by atoms with Crippen molar-refractivity contribution < 1.29 is 22.0 Å². The van der Waals surface area contributed by atoms with Crippen molar-refractivity contribution in [3.63, 3.8) is 0 Å². The molecule has 0 radical (unpaired) electrons. The zero-order chi connectivity index (χ0) is 18.1. The van der Waals surface area contributed by atoms with Crippen LogP contribution in [-0.2, 0) is 9.84 Å². The number of aromatic nitrogens is 2. The summed E-state index contributed by atoms with van der Waals surface area (Å²) in [6.45, 7) is 4.28. The van der Waals surface area contributed by atoms with E-state index in [4.69, 9.17) is 11.6 Å². The largest absolute Gasteiger partial charge is 0.344 e. The number of carbonyl (C=O) groups is 1. The summed E-state index contributed by atoms with van der Waals surface area (Å²) < 4.78 is 52.5. The van der Waals surface area contributed by atoms with Gasteiger partial charge in [0, 0.05) is 19.2 Å². The Labute approximate surface area is 142 Å². The Morgan fingerprint density at radius 2 is 1.92 bits per heavy atom. The van der Waals surface area contributed by atoms with Gasteiger partial charge in [0.05, 0.1) is 11.2 Å². The van der Waals surface area contributed by atoms with Crippen LogP contribution in [-0.4, -0.2) is 42.2 Å². The summed E-state index contributed by atoms with van der Waals surface area (Å²) in [4.78, 5) is 12.8. The van der Waals surface area contributed by atoms with Crippen molar-refractivity contribution in [3.05, 3.63) is 41.1 Å². The first-order valence-electron chi connectivity index (χ1n) is 6.97. The highest BCUT2D eigenvalue weighted by molar-refractivity contribution is 7.91. The van der Waals surface area contributed by atoms with E-state index in [1.807, 2.05) is 0 Å². The molecule has 1 amide bonds. The molecule has 1 aromatic carbocycles. The summed E-state index contributed by atoms with van der Waals surface area (Å²) in [5.74, 6) is -2.18. The molecule has 0 bridgehead atoms. The highest BCUT2D eigenvalue weighted by atomic mass is 35.5. The van der Waals surface area contributed by atoms with Crippen LogP contribution in [0.4, 0.5) is 13.6 Å². The van der Waals surface area contributed by atoms with Gasteiger partial charge in [0.2, 0.25) is 14.9 Å². The fraction of sp³-hybridized carbons (Fsp3) is 0.286. The Morgan fingerprint density at radius 1 is 1.29 bits per heavy atom. The second-order valence-electron chi connectivity index (χ2n) is 4.76. The molecule has 1 heterocycles. The third-order valence-corrected chi connectivity index (χ3v) is 5.42. The van der Waals surface area contributed by atoms with Gasteiger partial charge in [0.25, 0.3) is 0 Å². The molecule has 1 aromatic heterocycles. The van der Waals surface area contributed by atoms with Crippen LogP contribution < -0.4 is 0 Å². The number of benzene rings is 1. The monoisotopic (exact) mass is 377 g/mol. The lowest BCUT2D eigenvalue weighted by Gasteiger charge is -2.17. The summed E-state index contributed by atoms with van der Waals surface area (Å²) in [6, 6.07) is 1.46. The van der Waals surface area contributed by atoms with E-state index >= 15 is 0 Å². The van der Waals surface area contributed by atoms with E-state index in [2.05, 4.69) is 5.10 Å². The van der Waals surface area contributed by atoms with Gasteiger partial charge in [-0.05, 0) is 26.0 Å². The molecule has 0 aliphatic carbocycles. The van der Waals surface area contributed by atoms with Crippen molar-refractivity contribution in [2.75, 3.05) is 13.1 Å². The SMILES string of the molecule is CCN(CC)C(=O)n1cc(Cl)c(S(=O)(=O)c2ccc(F)cc2F)n1. The van der Waals surface area contributed by atoms with E-state index < -0.39 is 37.4 Å². The normalized spacial score (nSPS) is 11.5. The van der Waals surface area contributed by atoms with Crippen LogP contribution >= 0.6 is 11.6 Å². The van der Waals surface area contributed by atoms with Gasteiger partial charge in [-0.3, -0.25) is 0 Å². The molecule has 6 nitrogen and oxygen atoms in total. The van der Waals surface area contributed by atoms with Gasteiger partial charge in [-0.25, -0.2) is 22.0 Å². The molecule has 0 aliphatic heterocycles. The van der Waals surface area contributed by atoms with Crippen molar-refractivity contribution >= 4 is 27.5 Å². The smallest absolute Gasteiger partial charge is 0.323 e. The molecule has 130 valence electrons. The number of rotatable bonds is 4. The molecule has 2 rings (SSSR count). The van der Waals surface area contributed by atoms with Crippen LogP contribution in [0.1, 0.15) is 13.8 Å². The van der Waals surface area contributed by atoms with Crippen molar-refractivity contribution in [3.8, 4) is 0 Å². The van der Waals surface area contributed by atoms with Crippen LogP contribution in [0.15, 0.2) is 34.3 Å². The van der Waals surface area contributed by atoms with Gasteiger partial charge in [-0.2, -0.15) is 9.78 Å². The molecule has 0 saturated carbocycles. The second kappa shape index (κ2) is 6.86. The third kappa shape index (κ3) is 3.27. The summed E-state index contributed by atoms with van der Waals surface area (Å²) >= 11 is 5.87. The van der Waals surface area contributed by atoms with Crippen molar-refractivity contribution in [2.24, 2.45) is 0 Å². The van der Waals surface area contributed by atoms with Gasteiger partial charge in [-0.15, -0.1) is 0 Å². The molecule has 10 heteroatoms. The molecule has 24 heavy (non-hydrogen) atoms. The summed E-state index contributed by atoms with van der Waals surface area (Å²) in [5, 5.41) is 2.68. The molecular weight excluding hydrogens is 364 g/mol. The number of halogens is 3. The van der Waals surface area contributed by atoms with E-state index in [0.717, 1.165) is 23.0 Å². The molecule has 2 aromatic rings. The lowest BCUT2D eigenvalue weighted by Crippen LogP contribution is -2.34. The van der Waals surface area contributed by atoms with Crippen LogP contribution in [0.25, 0.3) is 0 Å². The maximum absolute atomic E-state index is 13.8. The van der Waals surface area contributed by atoms with Gasteiger partial charge < -0.3 is 4.90 Å². The van der Waals surface area contributed by atoms with Crippen LogP contribution in [0.3, 0.4) is 0 Å². The molecule has 0 N–H and O–H groups in total. The van der Waals surface area contributed by atoms with Crippen LogP contribution in [0, 0.1) is 11.6 Å². The minimum Gasteiger partial charge on any atom is -0.323 e. The van der Waals surface area contributed by atoms with Gasteiger partial charge in [0.15, 0.2) is 0 Å². The Bertz CT molecular complexity index is 879. The van der Waals surface area contributed by atoms with Crippen LogP contribution in [0.2, 0.25) is 5.02 Å². The van der Waals surface area contributed by atoms with E-state index in [9.17, 15) is 22.0 Å². The number of sulfone groups is 1. The number of carbonyl (C=O) groups excluding carboxylic acids is 1. The average molecular weight is 378 g/mol. The zero-order valence-electron chi connectivity index (χ0n) is 12.8. The maximum Gasteiger partial charge on any atom is 0.344 e. The summed E-state index contributed by atoms with van der Waals surface area (Å²) in [5.41, 5.74) is 0. The molecular formula is C14H14ClF2N3O3S. The Kier molecular flexibility index (Phi) is 5.24. The lowest BCUT2D eigenvalue weighted by atomic mass is 10.3. The fourth-order valence-corrected chi connectivity index (χ4v) is 3.76. The first-order chi connectivity index (χ1) is 11.2. The summed E-state index contributed by atoms with van der Waals surface area (Å²) in [6.07, 6.45) is 1.04. The first kappa shape index (κ1) is 18.3. The third-order valence-electron chi connectivity index (χ3n) is 3.31. The Balaban J connectivity index is 2.51. The van der Waals surface area contributed by atoms with E-state index in [1.165, 1.54) is 4.90 Å². The second-order valence-corrected chi connectivity index (χ2v) is 7.00. The molecule has 0 aliphatic rings. The molecule has 0 spiro atoms. The number of nitrogens with zero attached hydrogens (tertiary/aromatic N) is 3. The standard InChI is InChI=1S/C14H14ClF2N3O3S/c1-3-19(4-2)14(21)20-8-10(15)13(18-20)24(22,23)12-6-5-9(16)7-11(12)17/h5-8H,3-4H2,1-2H3. The van der Waals surface area contributed by atoms with Gasteiger partial charge >= 0.3 is 6.03 Å². The molecule has 0 saturated heterocycles. The number of hydrogen-bond donors (Lipinski definition) is 0. The summed E-state index contributed by atoms with van der Waals surface area (Å²) in [7, 11) is -4.45. The Hall–Kier alpha value is -2.00. The Morgan fingerprint density at radius 3 is 2.46 bits per heavy atom.